The fourth-order valence-corrected chi connectivity index (χ4v) is 10.9. The van der Waals surface area contributed by atoms with Gasteiger partial charge in [0.1, 0.15) is 48.5 Å². The minimum atomic E-state index is -1.07. The van der Waals surface area contributed by atoms with Gasteiger partial charge in [0.15, 0.2) is 0 Å². The molecule has 62 heavy (non-hydrogen) atoms. The summed E-state index contributed by atoms with van der Waals surface area (Å²) >= 11 is 0. The number of aldehydes is 1. The van der Waals surface area contributed by atoms with Gasteiger partial charge < -0.3 is 47.4 Å². The van der Waals surface area contributed by atoms with Gasteiger partial charge >= 0.3 is 23.9 Å². The number of hydrogen-bond donors (Lipinski definition) is 0. The summed E-state index contributed by atoms with van der Waals surface area (Å²) in [4.78, 5) is 60.9. The normalized spacial score (nSPS) is 43.5. The van der Waals surface area contributed by atoms with Crippen LogP contribution in [0.2, 0.25) is 0 Å². The fraction of sp³-hybridized carbons (Fsp3) is 0.809. The quantitative estimate of drug-likeness (QED) is 0.0760. The average molecular weight is 875 g/mol. The number of esters is 4. The molecule has 0 radical (unpaired) electrons. The van der Waals surface area contributed by atoms with Crippen molar-refractivity contribution >= 4 is 30.2 Å². The third kappa shape index (κ3) is 10.8. The maximum absolute atomic E-state index is 12.7. The van der Waals surface area contributed by atoms with Gasteiger partial charge in [0, 0.05) is 59.3 Å². The number of ether oxygens (including phenoxy) is 10. The van der Waals surface area contributed by atoms with Gasteiger partial charge in [0.25, 0.3) is 0 Å². The Morgan fingerprint density at radius 2 is 1.31 bits per heavy atom. The molecule has 6 aliphatic rings. The second-order valence-corrected chi connectivity index (χ2v) is 19.3. The van der Waals surface area contributed by atoms with Gasteiger partial charge in [-0.1, -0.05) is 18.6 Å². The van der Waals surface area contributed by atoms with Crippen LogP contribution >= 0.6 is 0 Å². The van der Waals surface area contributed by atoms with E-state index in [0.717, 1.165) is 17.4 Å². The summed E-state index contributed by atoms with van der Waals surface area (Å²) in [5.41, 5.74) is -0.715. The topological polar surface area (TPSA) is 178 Å². The molecule has 6 rings (SSSR count). The van der Waals surface area contributed by atoms with Gasteiger partial charge in [-0.2, -0.15) is 0 Å². The van der Waals surface area contributed by atoms with Crippen molar-refractivity contribution in [2.24, 2.45) is 5.92 Å². The second kappa shape index (κ2) is 19.5. The predicted molar refractivity (Wildman–Crippen MR) is 223 cm³/mol. The van der Waals surface area contributed by atoms with Crippen molar-refractivity contribution in [3.63, 3.8) is 0 Å². The Morgan fingerprint density at radius 3 is 1.97 bits per heavy atom. The first-order valence-corrected chi connectivity index (χ1v) is 22.6. The number of fused-ring (bicyclic) bond motifs is 4. The highest BCUT2D eigenvalue weighted by atomic mass is 16.6. The van der Waals surface area contributed by atoms with E-state index in [2.05, 4.69) is 6.08 Å². The highest BCUT2D eigenvalue weighted by Gasteiger charge is 2.60. The lowest BCUT2D eigenvalue weighted by molar-refractivity contribution is -0.313. The number of carbonyl (C=O) groups is 5. The van der Waals surface area contributed by atoms with Crippen LogP contribution in [0.4, 0.5) is 0 Å². The van der Waals surface area contributed by atoms with Crippen molar-refractivity contribution in [1.82, 2.24) is 0 Å². The summed E-state index contributed by atoms with van der Waals surface area (Å²) in [7, 11) is 0. The molecular formula is C47H70O15. The Balaban J connectivity index is 1.24. The minimum absolute atomic E-state index is 0.173. The van der Waals surface area contributed by atoms with Crippen LogP contribution in [0, 0.1) is 5.92 Å². The van der Waals surface area contributed by atoms with Gasteiger partial charge in [-0.3, -0.25) is 24.0 Å². The Labute approximate surface area is 366 Å². The molecule has 6 aliphatic heterocycles. The van der Waals surface area contributed by atoms with E-state index < -0.39 is 108 Å². The maximum Gasteiger partial charge on any atom is 0.303 e. The lowest BCUT2D eigenvalue weighted by Gasteiger charge is -2.54. The number of allylic oxidation sites excluding steroid dienone is 4. The van der Waals surface area contributed by atoms with E-state index in [9.17, 15) is 24.0 Å². The van der Waals surface area contributed by atoms with Crippen molar-refractivity contribution in [2.45, 2.75) is 237 Å². The van der Waals surface area contributed by atoms with Crippen molar-refractivity contribution < 1.29 is 71.3 Å². The van der Waals surface area contributed by atoms with Crippen LogP contribution in [0.15, 0.2) is 23.3 Å². The third-order valence-electron chi connectivity index (χ3n) is 14.3. The molecule has 348 valence electrons. The molecule has 0 amide bonds. The molecule has 6 heterocycles. The maximum atomic E-state index is 12.7. The van der Waals surface area contributed by atoms with E-state index in [1.54, 1.807) is 6.08 Å². The van der Waals surface area contributed by atoms with E-state index in [0.29, 0.717) is 64.2 Å². The van der Waals surface area contributed by atoms with Gasteiger partial charge in [0.2, 0.25) is 0 Å². The zero-order valence-electron chi connectivity index (χ0n) is 38.5. The van der Waals surface area contributed by atoms with E-state index in [-0.39, 0.29) is 18.1 Å². The predicted octanol–water partition coefficient (Wildman–Crippen LogP) is 6.14. The Morgan fingerprint density at radius 1 is 0.661 bits per heavy atom. The zero-order chi connectivity index (χ0) is 45.3. The summed E-state index contributed by atoms with van der Waals surface area (Å²) in [5, 5.41) is 0. The molecule has 0 aromatic carbocycles. The first-order chi connectivity index (χ1) is 29.1. The monoisotopic (exact) mass is 874 g/mol. The van der Waals surface area contributed by atoms with Crippen LogP contribution in [0.5, 0.6) is 0 Å². The smallest absolute Gasteiger partial charge is 0.303 e. The van der Waals surface area contributed by atoms with Crippen LogP contribution in [0.1, 0.15) is 140 Å². The number of rotatable bonds is 11. The Bertz CT molecular complexity index is 1730. The molecule has 0 bridgehead atoms. The van der Waals surface area contributed by atoms with E-state index >= 15 is 0 Å². The van der Waals surface area contributed by atoms with Crippen LogP contribution in [0.3, 0.4) is 0 Å². The molecule has 0 aromatic rings. The molecule has 0 N–H and O–H groups in total. The average Bonchev–Trinajstić information content (AvgIpc) is 3.37. The number of carbonyl (C=O) groups excluding carboxylic acids is 5. The molecule has 6 fully saturated rings. The molecular weight excluding hydrogens is 805 g/mol. The molecule has 0 saturated carbocycles. The summed E-state index contributed by atoms with van der Waals surface area (Å²) in [6.45, 7) is 19.3. The first kappa shape index (κ1) is 48.3. The Hall–Kier alpha value is -3.21. The summed E-state index contributed by atoms with van der Waals surface area (Å²) in [5.74, 6) is -1.85. The van der Waals surface area contributed by atoms with Crippen molar-refractivity contribution in [1.29, 1.82) is 0 Å². The molecule has 0 spiro atoms. The van der Waals surface area contributed by atoms with Gasteiger partial charge in [-0.25, -0.2) is 0 Å². The van der Waals surface area contributed by atoms with Gasteiger partial charge in [0.05, 0.1) is 53.9 Å². The van der Waals surface area contributed by atoms with Crippen LogP contribution in [-0.2, 0) is 71.3 Å². The van der Waals surface area contributed by atoms with Crippen LogP contribution in [0.25, 0.3) is 0 Å². The first-order valence-electron chi connectivity index (χ1n) is 22.6. The fourth-order valence-electron chi connectivity index (χ4n) is 10.9. The lowest BCUT2D eigenvalue weighted by atomic mass is 9.78. The third-order valence-corrected chi connectivity index (χ3v) is 14.3. The summed E-state index contributed by atoms with van der Waals surface area (Å²) < 4.78 is 65.0. The van der Waals surface area contributed by atoms with E-state index in [4.69, 9.17) is 47.4 Å². The van der Waals surface area contributed by atoms with Crippen molar-refractivity contribution in [3.05, 3.63) is 23.3 Å². The summed E-state index contributed by atoms with van der Waals surface area (Å²) in [6.07, 6.45) is 2.81. The van der Waals surface area contributed by atoms with Crippen molar-refractivity contribution in [2.75, 3.05) is 0 Å². The molecule has 0 aromatic heterocycles. The van der Waals surface area contributed by atoms with E-state index in [1.165, 1.54) is 27.7 Å². The Kier molecular flexibility index (Phi) is 15.2. The molecule has 6 saturated heterocycles. The molecule has 0 unspecified atom stereocenters. The molecule has 15 heteroatoms. The standard InChI is InChI=1S/C47H70O15/c1-25(26(2)17-20-48)13-12-14-34-27(3)42(56-32(8)52)44-38(58-34)23-41-46(10,62-44)19-16-39(55-31(7)51)47(11,61-41)24-33-21-37(54-30(6)50)43-35(57-33)15-18-45(9)40(59-43)22-36(28(4)60-45)53-29(5)49/h13,17,20,27-28,33-44H,12,14-16,18-19,21-24H2,1-11H3/b25-13+,26-17+/t27-,28-,33-,34+,35-,36+,37+,38-,39+,40-,41+,42+,43-,44-,45+,46-,47-/m1/s1. The molecule has 15 nitrogen and oxygen atoms in total. The summed E-state index contributed by atoms with van der Waals surface area (Å²) in [6, 6.07) is 0. The van der Waals surface area contributed by atoms with Crippen molar-refractivity contribution in [3.8, 4) is 0 Å². The minimum Gasteiger partial charge on any atom is -0.460 e. The zero-order valence-corrected chi connectivity index (χ0v) is 38.5. The molecule has 0 aliphatic carbocycles. The van der Waals surface area contributed by atoms with Gasteiger partial charge in [-0.05, 0) is 91.7 Å². The second-order valence-electron chi connectivity index (χ2n) is 19.3. The highest BCUT2D eigenvalue weighted by molar-refractivity contribution is 5.68. The number of hydrogen-bond acceptors (Lipinski definition) is 15. The van der Waals surface area contributed by atoms with Gasteiger partial charge in [-0.15, -0.1) is 0 Å². The SMILES string of the molecule is CC(=O)O[C@H]1[C@H](C)[C@H](CC/C=C(C)/C(C)=C/C=O)O[C@@H]2C[C@@H]3O[C@](C)(C[C@H]4C[C@H](OC(C)=O)[C@@H]5O[C@@H]6C[C@H](OC(C)=O)[C@@H](C)O[C@@]6(C)CC[C@H]5O4)[C@@H](OC(C)=O)CC[C@@]3(C)O[C@@H]12. The molecule has 17 atom stereocenters. The van der Waals surface area contributed by atoms with E-state index in [1.807, 2.05) is 48.5 Å². The largest absolute Gasteiger partial charge is 0.460 e. The lowest BCUT2D eigenvalue weighted by Crippen LogP contribution is -2.65. The van der Waals surface area contributed by atoms with Crippen LogP contribution < -0.4 is 0 Å². The highest BCUT2D eigenvalue weighted by Crippen LogP contribution is 2.50. The van der Waals surface area contributed by atoms with Crippen LogP contribution in [-0.4, -0.2) is 126 Å².